The van der Waals surface area contributed by atoms with Gasteiger partial charge in [0.05, 0.1) is 5.60 Å². The zero-order chi connectivity index (χ0) is 14.9. The van der Waals surface area contributed by atoms with Crippen molar-refractivity contribution in [3.8, 4) is 0 Å². The summed E-state index contributed by atoms with van der Waals surface area (Å²) in [5.41, 5.74) is 0.884. The molecular weight excluding hydrogens is 258 g/mol. The van der Waals surface area contributed by atoms with Crippen molar-refractivity contribution in [3.05, 3.63) is 35.9 Å². The number of nitrogens with zero attached hydrogens (tertiary/aromatic N) is 1. The molecule has 2 heteroatoms. The molecule has 0 radical (unpaired) electrons. The summed E-state index contributed by atoms with van der Waals surface area (Å²) < 4.78 is 0. The second-order valence-corrected chi connectivity index (χ2v) is 7.34. The van der Waals surface area contributed by atoms with Crippen LogP contribution in [-0.4, -0.2) is 28.2 Å². The van der Waals surface area contributed by atoms with Gasteiger partial charge in [-0.25, -0.2) is 0 Å². The third-order valence-corrected chi connectivity index (χ3v) is 5.94. The summed E-state index contributed by atoms with van der Waals surface area (Å²) in [5.74, 6) is 1.28. The molecule has 1 aliphatic carbocycles. The van der Waals surface area contributed by atoms with E-state index in [1.54, 1.807) is 0 Å². The van der Waals surface area contributed by atoms with E-state index < -0.39 is 5.60 Å². The Morgan fingerprint density at radius 2 is 1.95 bits per heavy atom. The van der Waals surface area contributed by atoms with E-state index in [2.05, 4.69) is 49.1 Å². The average molecular weight is 287 g/mol. The Balaban J connectivity index is 1.68. The molecule has 1 saturated heterocycles. The van der Waals surface area contributed by atoms with Crippen LogP contribution < -0.4 is 0 Å². The van der Waals surface area contributed by atoms with Crippen molar-refractivity contribution in [2.45, 2.75) is 64.1 Å². The van der Waals surface area contributed by atoms with Gasteiger partial charge in [-0.2, -0.15) is 0 Å². The zero-order valence-electron chi connectivity index (χ0n) is 13.5. The summed E-state index contributed by atoms with van der Waals surface area (Å²) >= 11 is 0. The minimum atomic E-state index is -0.469. The first kappa shape index (κ1) is 15.1. The first-order chi connectivity index (χ1) is 10.1. The third-order valence-electron chi connectivity index (χ3n) is 5.94. The van der Waals surface area contributed by atoms with Crippen molar-refractivity contribution >= 4 is 0 Å². The Morgan fingerprint density at radius 1 is 1.19 bits per heavy atom. The van der Waals surface area contributed by atoms with Crippen molar-refractivity contribution < 1.29 is 5.11 Å². The van der Waals surface area contributed by atoms with E-state index in [1.807, 2.05) is 0 Å². The van der Waals surface area contributed by atoms with Crippen molar-refractivity contribution in [2.75, 3.05) is 6.54 Å². The summed E-state index contributed by atoms with van der Waals surface area (Å²) in [6, 6.07) is 10.9. The fraction of sp³-hybridized carbons (Fsp3) is 0.684. The van der Waals surface area contributed by atoms with Gasteiger partial charge in [0.15, 0.2) is 0 Å². The lowest BCUT2D eigenvalue weighted by Gasteiger charge is -2.41. The molecule has 1 N–H and O–H groups in total. The fourth-order valence-corrected chi connectivity index (χ4v) is 4.51. The maximum Gasteiger partial charge on any atom is 0.0839 e. The Bertz CT molecular complexity index is 460. The van der Waals surface area contributed by atoms with Crippen LogP contribution in [0.15, 0.2) is 30.3 Å². The van der Waals surface area contributed by atoms with Crippen LogP contribution in [0.3, 0.4) is 0 Å². The molecule has 0 aromatic heterocycles. The van der Waals surface area contributed by atoms with Gasteiger partial charge in [-0.15, -0.1) is 0 Å². The molecule has 0 spiro atoms. The lowest BCUT2D eigenvalue weighted by atomic mass is 9.70. The van der Waals surface area contributed by atoms with E-state index in [9.17, 15) is 5.11 Å². The predicted molar refractivity (Wildman–Crippen MR) is 87.0 cm³/mol. The molecule has 1 aromatic carbocycles. The summed E-state index contributed by atoms with van der Waals surface area (Å²) in [4.78, 5) is 2.47. The van der Waals surface area contributed by atoms with Gasteiger partial charge in [0, 0.05) is 19.1 Å². The molecule has 21 heavy (non-hydrogen) atoms. The predicted octanol–water partition coefficient (Wildman–Crippen LogP) is 3.84. The SMILES string of the molecule is CC1CCCC(C2(O)CCN(Cc3ccccc3)C2C)C1. The molecular formula is C19H29NO. The van der Waals surface area contributed by atoms with E-state index in [0.29, 0.717) is 5.92 Å². The first-order valence-corrected chi connectivity index (χ1v) is 8.60. The molecule has 1 aliphatic heterocycles. The minimum Gasteiger partial charge on any atom is -0.388 e. The molecule has 0 amide bonds. The summed E-state index contributed by atoms with van der Waals surface area (Å²) in [6.07, 6.45) is 6.00. The van der Waals surface area contributed by atoms with Crippen LogP contribution in [0.4, 0.5) is 0 Å². The van der Waals surface area contributed by atoms with Crippen molar-refractivity contribution in [3.63, 3.8) is 0 Å². The van der Waals surface area contributed by atoms with Gasteiger partial charge in [-0.1, -0.05) is 50.1 Å². The van der Waals surface area contributed by atoms with Gasteiger partial charge in [-0.3, -0.25) is 4.90 Å². The molecule has 4 unspecified atom stereocenters. The number of rotatable bonds is 3. The van der Waals surface area contributed by atoms with Crippen molar-refractivity contribution in [1.82, 2.24) is 4.90 Å². The lowest BCUT2D eigenvalue weighted by Crippen LogP contribution is -2.49. The monoisotopic (exact) mass is 287 g/mol. The highest BCUT2D eigenvalue weighted by atomic mass is 16.3. The smallest absolute Gasteiger partial charge is 0.0839 e. The lowest BCUT2D eigenvalue weighted by molar-refractivity contribution is -0.0607. The van der Waals surface area contributed by atoms with Crippen molar-refractivity contribution in [2.24, 2.45) is 11.8 Å². The molecule has 2 aliphatic rings. The molecule has 1 aromatic rings. The molecule has 1 heterocycles. The van der Waals surface area contributed by atoms with Crippen LogP contribution in [0.2, 0.25) is 0 Å². The number of benzene rings is 1. The molecule has 4 atom stereocenters. The Kier molecular flexibility index (Phi) is 4.37. The Hall–Kier alpha value is -0.860. The van der Waals surface area contributed by atoms with E-state index >= 15 is 0 Å². The van der Waals surface area contributed by atoms with Crippen LogP contribution in [0.1, 0.15) is 51.5 Å². The molecule has 2 nitrogen and oxygen atoms in total. The molecule has 0 bridgehead atoms. The van der Waals surface area contributed by atoms with E-state index in [1.165, 1.54) is 31.2 Å². The second kappa shape index (κ2) is 6.10. The minimum absolute atomic E-state index is 0.271. The summed E-state index contributed by atoms with van der Waals surface area (Å²) in [6.45, 7) is 6.57. The third kappa shape index (κ3) is 3.02. The largest absolute Gasteiger partial charge is 0.388 e. The zero-order valence-corrected chi connectivity index (χ0v) is 13.5. The van der Waals surface area contributed by atoms with E-state index in [0.717, 1.165) is 25.4 Å². The highest BCUT2D eigenvalue weighted by molar-refractivity contribution is 5.15. The van der Waals surface area contributed by atoms with Gasteiger partial charge in [0.2, 0.25) is 0 Å². The van der Waals surface area contributed by atoms with Gasteiger partial charge in [0.25, 0.3) is 0 Å². The van der Waals surface area contributed by atoms with Crippen LogP contribution in [-0.2, 0) is 6.54 Å². The van der Waals surface area contributed by atoms with Crippen LogP contribution >= 0.6 is 0 Å². The number of hydrogen-bond acceptors (Lipinski definition) is 2. The number of likely N-dealkylation sites (tertiary alicyclic amines) is 1. The highest BCUT2D eigenvalue weighted by Gasteiger charge is 2.49. The maximum atomic E-state index is 11.3. The fourth-order valence-electron chi connectivity index (χ4n) is 4.51. The molecule has 1 saturated carbocycles. The quantitative estimate of drug-likeness (QED) is 0.913. The second-order valence-electron chi connectivity index (χ2n) is 7.34. The normalized spacial score (nSPS) is 37.8. The number of hydrogen-bond donors (Lipinski definition) is 1. The van der Waals surface area contributed by atoms with Gasteiger partial charge in [-0.05, 0) is 43.6 Å². The van der Waals surface area contributed by atoms with E-state index in [-0.39, 0.29) is 6.04 Å². The van der Waals surface area contributed by atoms with Crippen molar-refractivity contribution in [1.29, 1.82) is 0 Å². The van der Waals surface area contributed by atoms with Gasteiger partial charge < -0.3 is 5.11 Å². The first-order valence-electron chi connectivity index (χ1n) is 8.60. The standard InChI is InChI=1S/C19H29NO/c1-15-7-6-10-18(13-15)19(21)11-12-20(16(19)2)14-17-8-4-3-5-9-17/h3-5,8-9,15-16,18,21H,6-7,10-14H2,1-2H3. The molecule has 116 valence electrons. The Morgan fingerprint density at radius 3 is 2.67 bits per heavy atom. The highest BCUT2D eigenvalue weighted by Crippen LogP contribution is 2.43. The molecule has 3 rings (SSSR count). The van der Waals surface area contributed by atoms with E-state index in [4.69, 9.17) is 0 Å². The van der Waals surface area contributed by atoms with Crippen LogP contribution in [0.25, 0.3) is 0 Å². The topological polar surface area (TPSA) is 23.5 Å². The number of aliphatic hydroxyl groups is 1. The van der Waals surface area contributed by atoms with Gasteiger partial charge >= 0.3 is 0 Å². The van der Waals surface area contributed by atoms with Crippen LogP contribution in [0.5, 0.6) is 0 Å². The Labute approximate surface area is 129 Å². The summed E-state index contributed by atoms with van der Waals surface area (Å²) in [7, 11) is 0. The van der Waals surface area contributed by atoms with Gasteiger partial charge in [0.1, 0.15) is 0 Å². The van der Waals surface area contributed by atoms with Crippen LogP contribution in [0, 0.1) is 11.8 Å². The molecule has 2 fully saturated rings. The average Bonchev–Trinajstić information content (AvgIpc) is 2.78. The maximum absolute atomic E-state index is 11.3. The summed E-state index contributed by atoms with van der Waals surface area (Å²) in [5, 5.41) is 11.3.